The van der Waals surface area contributed by atoms with Crippen molar-refractivity contribution in [1.29, 1.82) is 0 Å². The maximum atomic E-state index is 13.6. The van der Waals surface area contributed by atoms with Crippen LogP contribution in [-0.2, 0) is 4.74 Å². The average Bonchev–Trinajstić information content (AvgIpc) is 2.45. The third kappa shape index (κ3) is 5.39. The monoisotopic (exact) mass is 279 g/mol. The number of aliphatic hydroxyl groups excluding tert-OH is 1. The summed E-state index contributed by atoms with van der Waals surface area (Å²) in [5.41, 5.74) is 0.493. The van der Waals surface area contributed by atoms with E-state index in [2.05, 4.69) is 17.2 Å². The maximum absolute atomic E-state index is 13.6. The fourth-order valence-electron chi connectivity index (χ4n) is 1.47. The first-order chi connectivity index (χ1) is 9.69. The van der Waals surface area contributed by atoms with Crippen LogP contribution in [-0.4, -0.2) is 37.4 Å². The molecule has 0 saturated carbocycles. The number of nitrogens with one attached hydrogen (secondary N) is 1. The molecule has 0 atom stereocenters. The summed E-state index contributed by atoms with van der Waals surface area (Å²) in [6.45, 7) is 3.11. The third-order valence-corrected chi connectivity index (χ3v) is 2.42. The zero-order valence-corrected chi connectivity index (χ0v) is 11.4. The molecule has 0 bridgehead atoms. The summed E-state index contributed by atoms with van der Waals surface area (Å²) in [4.78, 5) is 11.8. The minimum absolute atomic E-state index is 0.0288. The van der Waals surface area contributed by atoms with Gasteiger partial charge in [-0.15, -0.1) is 0 Å². The molecule has 0 radical (unpaired) electrons. The van der Waals surface area contributed by atoms with Crippen LogP contribution >= 0.6 is 0 Å². The first-order valence-corrected chi connectivity index (χ1v) is 6.44. The van der Waals surface area contributed by atoms with Crippen molar-refractivity contribution in [2.45, 2.75) is 13.3 Å². The Balaban J connectivity index is 2.71. The third-order valence-electron chi connectivity index (χ3n) is 2.42. The molecule has 2 N–H and O–H groups in total. The maximum Gasteiger partial charge on any atom is 0.254 e. The SMILES string of the molecule is CCOCCNC(=O)c1cc(C#CCCO)ccc1F. The molecule has 0 fully saturated rings. The van der Waals surface area contributed by atoms with Crippen LogP contribution < -0.4 is 5.32 Å². The first kappa shape index (κ1) is 16.2. The molecule has 0 aromatic heterocycles. The van der Waals surface area contributed by atoms with Gasteiger partial charge in [-0.3, -0.25) is 4.79 Å². The van der Waals surface area contributed by atoms with E-state index in [0.717, 1.165) is 0 Å². The Bertz CT molecular complexity index is 506. The van der Waals surface area contributed by atoms with Gasteiger partial charge >= 0.3 is 0 Å². The second-order valence-electron chi connectivity index (χ2n) is 3.92. The van der Waals surface area contributed by atoms with E-state index in [0.29, 0.717) is 31.7 Å². The Morgan fingerprint density at radius 1 is 1.50 bits per heavy atom. The highest BCUT2D eigenvalue weighted by Crippen LogP contribution is 2.10. The van der Waals surface area contributed by atoms with E-state index in [1.807, 2.05) is 6.92 Å². The predicted molar refractivity (Wildman–Crippen MR) is 73.8 cm³/mol. The number of carbonyl (C=O) groups excluding carboxylic acids is 1. The second kappa shape index (κ2) is 9.08. The summed E-state index contributed by atoms with van der Waals surface area (Å²) in [6.07, 6.45) is 0.341. The van der Waals surface area contributed by atoms with Crippen molar-refractivity contribution in [3.63, 3.8) is 0 Å². The van der Waals surface area contributed by atoms with Gasteiger partial charge in [0.15, 0.2) is 0 Å². The highest BCUT2D eigenvalue weighted by Gasteiger charge is 2.11. The van der Waals surface area contributed by atoms with Crippen molar-refractivity contribution >= 4 is 5.91 Å². The molecule has 5 heteroatoms. The molecule has 108 valence electrons. The van der Waals surface area contributed by atoms with E-state index in [1.54, 1.807) is 0 Å². The summed E-state index contributed by atoms with van der Waals surface area (Å²) in [5, 5.41) is 11.2. The molecule has 1 amide bonds. The van der Waals surface area contributed by atoms with Gasteiger partial charge in [-0.2, -0.15) is 0 Å². The van der Waals surface area contributed by atoms with Gasteiger partial charge < -0.3 is 15.2 Å². The molecular formula is C15H18FNO3. The molecule has 0 saturated heterocycles. The molecule has 0 unspecified atom stereocenters. The molecule has 0 aliphatic rings. The second-order valence-corrected chi connectivity index (χ2v) is 3.92. The molecule has 4 nitrogen and oxygen atoms in total. The standard InChI is InChI=1S/C15H18FNO3/c1-2-20-10-8-17-15(19)13-11-12(5-3-4-9-18)6-7-14(13)16/h6-7,11,18H,2,4,8-10H2,1H3,(H,17,19). The lowest BCUT2D eigenvalue weighted by Crippen LogP contribution is -2.28. The molecule has 0 aliphatic heterocycles. The molecule has 0 spiro atoms. The van der Waals surface area contributed by atoms with Crippen LogP contribution in [0.5, 0.6) is 0 Å². The summed E-state index contributed by atoms with van der Waals surface area (Å²) < 4.78 is 18.7. The Hall–Kier alpha value is -1.90. The predicted octanol–water partition coefficient (Wildman–Crippen LogP) is 1.33. The van der Waals surface area contributed by atoms with Crippen LogP contribution in [0.2, 0.25) is 0 Å². The van der Waals surface area contributed by atoms with E-state index in [9.17, 15) is 9.18 Å². The smallest absolute Gasteiger partial charge is 0.254 e. The minimum atomic E-state index is -0.591. The lowest BCUT2D eigenvalue weighted by Gasteiger charge is -2.06. The van der Waals surface area contributed by atoms with Crippen LogP contribution in [0, 0.1) is 17.7 Å². The van der Waals surface area contributed by atoms with Crippen molar-refractivity contribution in [1.82, 2.24) is 5.32 Å². The highest BCUT2D eigenvalue weighted by atomic mass is 19.1. The highest BCUT2D eigenvalue weighted by molar-refractivity contribution is 5.94. The van der Waals surface area contributed by atoms with Crippen molar-refractivity contribution in [2.24, 2.45) is 0 Å². The first-order valence-electron chi connectivity index (χ1n) is 6.44. The molecule has 1 aromatic rings. The number of ether oxygens (including phenoxy) is 1. The summed E-state index contributed by atoms with van der Waals surface area (Å²) >= 11 is 0. The molecule has 1 aromatic carbocycles. The van der Waals surface area contributed by atoms with Gasteiger partial charge in [-0.25, -0.2) is 4.39 Å². The lowest BCUT2D eigenvalue weighted by atomic mass is 10.1. The quantitative estimate of drug-likeness (QED) is 0.610. The largest absolute Gasteiger partial charge is 0.395 e. The zero-order chi connectivity index (χ0) is 14.8. The van der Waals surface area contributed by atoms with Gasteiger partial charge in [0.05, 0.1) is 18.8 Å². The molecular weight excluding hydrogens is 261 g/mol. The van der Waals surface area contributed by atoms with Crippen LogP contribution in [0.3, 0.4) is 0 Å². The Kier molecular flexibility index (Phi) is 7.33. The number of aliphatic hydroxyl groups is 1. The van der Waals surface area contributed by atoms with Gasteiger partial charge in [0.25, 0.3) is 5.91 Å². The number of carbonyl (C=O) groups is 1. The summed E-state index contributed by atoms with van der Waals surface area (Å²) in [5.74, 6) is 4.40. The lowest BCUT2D eigenvalue weighted by molar-refractivity contribution is 0.0918. The van der Waals surface area contributed by atoms with Crippen LogP contribution in [0.1, 0.15) is 29.3 Å². The van der Waals surface area contributed by atoms with Crippen LogP contribution in [0.15, 0.2) is 18.2 Å². The molecule has 1 rings (SSSR count). The number of halogens is 1. The number of hydrogen-bond donors (Lipinski definition) is 2. The Labute approximate surface area is 117 Å². The fraction of sp³-hybridized carbons (Fsp3) is 0.400. The van der Waals surface area contributed by atoms with Crippen molar-refractivity contribution in [3.8, 4) is 11.8 Å². The van der Waals surface area contributed by atoms with Gasteiger partial charge in [-0.1, -0.05) is 11.8 Å². The topological polar surface area (TPSA) is 58.6 Å². The molecule has 0 heterocycles. The van der Waals surface area contributed by atoms with Crippen molar-refractivity contribution < 1.29 is 19.0 Å². The van der Waals surface area contributed by atoms with E-state index in [4.69, 9.17) is 9.84 Å². The summed E-state index contributed by atoms with van der Waals surface area (Å²) in [7, 11) is 0. The average molecular weight is 279 g/mol. The van der Waals surface area contributed by atoms with E-state index in [-0.39, 0.29) is 12.2 Å². The number of benzene rings is 1. The van der Waals surface area contributed by atoms with Crippen molar-refractivity contribution in [2.75, 3.05) is 26.4 Å². The van der Waals surface area contributed by atoms with Crippen molar-refractivity contribution in [3.05, 3.63) is 35.1 Å². The van der Waals surface area contributed by atoms with E-state index < -0.39 is 11.7 Å². The van der Waals surface area contributed by atoms with Gasteiger partial charge in [0.1, 0.15) is 5.82 Å². The van der Waals surface area contributed by atoms with Gasteiger partial charge in [-0.05, 0) is 25.1 Å². The van der Waals surface area contributed by atoms with Gasteiger partial charge in [0.2, 0.25) is 0 Å². The number of hydrogen-bond acceptors (Lipinski definition) is 3. The van der Waals surface area contributed by atoms with Crippen LogP contribution in [0.4, 0.5) is 4.39 Å². The number of amides is 1. The van der Waals surface area contributed by atoms with E-state index >= 15 is 0 Å². The van der Waals surface area contributed by atoms with E-state index in [1.165, 1.54) is 18.2 Å². The number of rotatable bonds is 6. The van der Waals surface area contributed by atoms with Gasteiger partial charge in [0, 0.05) is 25.1 Å². The molecule has 20 heavy (non-hydrogen) atoms. The summed E-state index contributed by atoms with van der Waals surface area (Å²) in [6, 6.07) is 4.10. The molecule has 0 aliphatic carbocycles. The Morgan fingerprint density at radius 3 is 3.00 bits per heavy atom. The van der Waals surface area contributed by atoms with Crippen LogP contribution in [0.25, 0.3) is 0 Å². The Morgan fingerprint density at radius 2 is 2.30 bits per heavy atom. The zero-order valence-electron chi connectivity index (χ0n) is 11.4. The normalized spacial score (nSPS) is 9.75. The fourth-order valence-corrected chi connectivity index (χ4v) is 1.47. The minimum Gasteiger partial charge on any atom is -0.395 e.